The van der Waals surface area contributed by atoms with Crippen molar-refractivity contribution in [3.05, 3.63) is 76.7 Å². The number of alkyl halides is 3. The first-order valence-electron chi connectivity index (χ1n) is 8.57. The summed E-state index contributed by atoms with van der Waals surface area (Å²) in [6.45, 7) is 2.77. The van der Waals surface area contributed by atoms with Gasteiger partial charge in [0, 0.05) is 11.3 Å². The van der Waals surface area contributed by atoms with E-state index in [1.165, 1.54) is 17.8 Å². The van der Waals surface area contributed by atoms with E-state index in [4.69, 9.17) is 10.1 Å². The van der Waals surface area contributed by atoms with Crippen LogP contribution in [0.3, 0.4) is 0 Å². The highest BCUT2D eigenvalue weighted by Gasteiger charge is 2.31. The predicted molar refractivity (Wildman–Crippen MR) is 99.4 cm³/mol. The van der Waals surface area contributed by atoms with Crippen LogP contribution in [0.5, 0.6) is 0 Å². The molecule has 0 aliphatic rings. The van der Waals surface area contributed by atoms with Crippen LogP contribution in [-0.2, 0) is 10.9 Å². The standard InChI is InChI=1S/C20H17F3N4O2/c1-12-8-15(20(21,22)23)9-18(26-12)27-13(2)16(10-25-27)17(24)11-29-19(28)14-6-4-3-5-7-14/h3-10,24H,11H2,1-2H3. The molecule has 0 spiro atoms. The molecule has 3 aromatic rings. The summed E-state index contributed by atoms with van der Waals surface area (Å²) < 4.78 is 45.6. The van der Waals surface area contributed by atoms with Crippen LogP contribution in [0.25, 0.3) is 5.82 Å². The fourth-order valence-corrected chi connectivity index (χ4v) is 2.73. The van der Waals surface area contributed by atoms with Gasteiger partial charge in [-0.25, -0.2) is 14.5 Å². The summed E-state index contributed by atoms with van der Waals surface area (Å²) >= 11 is 0. The Morgan fingerprint density at radius 2 is 1.86 bits per heavy atom. The highest BCUT2D eigenvalue weighted by molar-refractivity contribution is 6.01. The lowest BCUT2D eigenvalue weighted by molar-refractivity contribution is -0.137. The number of hydrogen-bond acceptors (Lipinski definition) is 5. The number of aromatic nitrogens is 3. The Balaban J connectivity index is 1.80. The second kappa shape index (κ2) is 7.86. The van der Waals surface area contributed by atoms with Crippen LogP contribution in [0.1, 0.15) is 32.9 Å². The number of esters is 1. The minimum Gasteiger partial charge on any atom is -0.456 e. The number of hydrogen-bond donors (Lipinski definition) is 1. The van der Waals surface area contributed by atoms with Crippen LogP contribution in [-0.4, -0.2) is 33.1 Å². The lowest BCUT2D eigenvalue weighted by Gasteiger charge is -2.11. The summed E-state index contributed by atoms with van der Waals surface area (Å²) in [6.07, 6.45) is -3.17. The number of aryl methyl sites for hydroxylation is 1. The van der Waals surface area contributed by atoms with Gasteiger partial charge in [-0.15, -0.1) is 0 Å². The molecule has 9 heteroatoms. The lowest BCUT2D eigenvalue weighted by atomic mass is 10.1. The Morgan fingerprint density at radius 3 is 2.52 bits per heavy atom. The summed E-state index contributed by atoms with van der Waals surface area (Å²) in [6, 6.07) is 10.2. The molecule has 0 atom stereocenters. The molecule has 1 aromatic carbocycles. The van der Waals surface area contributed by atoms with Crippen molar-refractivity contribution in [3.63, 3.8) is 0 Å². The second-order valence-corrected chi connectivity index (χ2v) is 6.33. The van der Waals surface area contributed by atoms with Crippen LogP contribution in [0.2, 0.25) is 0 Å². The predicted octanol–water partition coefficient (Wildman–Crippen LogP) is 4.13. The van der Waals surface area contributed by atoms with Gasteiger partial charge in [0.15, 0.2) is 5.82 Å². The molecule has 0 saturated heterocycles. The first-order chi connectivity index (χ1) is 13.7. The van der Waals surface area contributed by atoms with Gasteiger partial charge in [-0.3, -0.25) is 0 Å². The molecule has 0 radical (unpaired) electrons. The highest BCUT2D eigenvalue weighted by atomic mass is 19.4. The normalized spacial score (nSPS) is 11.3. The molecule has 3 rings (SSSR count). The van der Waals surface area contributed by atoms with Gasteiger partial charge in [0.2, 0.25) is 0 Å². The third kappa shape index (κ3) is 4.50. The molecular formula is C20H17F3N4O2. The van der Waals surface area contributed by atoms with E-state index < -0.39 is 17.7 Å². The molecule has 0 saturated carbocycles. The van der Waals surface area contributed by atoms with Gasteiger partial charge in [0.1, 0.15) is 6.61 Å². The summed E-state index contributed by atoms with van der Waals surface area (Å²) in [5.74, 6) is -0.578. The molecule has 2 aromatic heterocycles. The van der Waals surface area contributed by atoms with Crippen molar-refractivity contribution in [2.45, 2.75) is 20.0 Å². The van der Waals surface area contributed by atoms with Crippen molar-refractivity contribution in [3.8, 4) is 5.82 Å². The van der Waals surface area contributed by atoms with Crippen LogP contribution in [0, 0.1) is 19.3 Å². The average molecular weight is 402 g/mol. The van der Waals surface area contributed by atoms with Gasteiger partial charge in [-0.05, 0) is 38.1 Å². The zero-order valence-electron chi connectivity index (χ0n) is 15.6. The highest BCUT2D eigenvalue weighted by Crippen LogP contribution is 2.30. The Kier molecular flexibility index (Phi) is 5.49. The van der Waals surface area contributed by atoms with Gasteiger partial charge in [0.05, 0.1) is 28.7 Å². The quantitative estimate of drug-likeness (QED) is 0.514. The van der Waals surface area contributed by atoms with E-state index >= 15 is 0 Å². The van der Waals surface area contributed by atoms with E-state index in [-0.39, 0.29) is 23.8 Å². The number of halogens is 3. The fraction of sp³-hybridized carbons (Fsp3) is 0.200. The zero-order valence-corrected chi connectivity index (χ0v) is 15.6. The van der Waals surface area contributed by atoms with Crippen molar-refractivity contribution in [2.24, 2.45) is 0 Å². The molecule has 150 valence electrons. The number of nitrogens with zero attached hydrogens (tertiary/aromatic N) is 3. The van der Waals surface area contributed by atoms with Gasteiger partial charge in [-0.2, -0.15) is 18.3 Å². The third-order valence-electron chi connectivity index (χ3n) is 4.18. The molecule has 0 aliphatic heterocycles. The SMILES string of the molecule is Cc1cc(C(F)(F)F)cc(-n2ncc(C(=N)COC(=O)c3ccccc3)c2C)n1. The van der Waals surface area contributed by atoms with Crippen molar-refractivity contribution in [1.29, 1.82) is 5.41 Å². The van der Waals surface area contributed by atoms with E-state index in [1.807, 2.05) is 0 Å². The number of rotatable bonds is 5. The topological polar surface area (TPSA) is 80.9 Å². The Labute approximate surface area is 164 Å². The molecule has 0 amide bonds. The molecular weight excluding hydrogens is 385 g/mol. The average Bonchev–Trinajstić information content (AvgIpc) is 3.07. The van der Waals surface area contributed by atoms with Gasteiger partial charge >= 0.3 is 12.1 Å². The molecule has 0 bridgehead atoms. The number of carbonyl (C=O) groups is 1. The molecule has 2 heterocycles. The Hall–Kier alpha value is -3.49. The maximum absolute atomic E-state index is 13.1. The molecule has 0 aliphatic carbocycles. The summed E-state index contributed by atoms with van der Waals surface area (Å²) in [4.78, 5) is 16.1. The number of pyridine rings is 1. The minimum atomic E-state index is -4.51. The van der Waals surface area contributed by atoms with Gasteiger partial charge in [-0.1, -0.05) is 18.2 Å². The fourth-order valence-electron chi connectivity index (χ4n) is 2.73. The number of nitrogens with one attached hydrogen (secondary N) is 1. The second-order valence-electron chi connectivity index (χ2n) is 6.33. The molecule has 29 heavy (non-hydrogen) atoms. The molecule has 6 nitrogen and oxygen atoms in total. The molecule has 1 N–H and O–H groups in total. The summed E-state index contributed by atoms with van der Waals surface area (Å²) in [5, 5.41) is 12.2. The maximum atomic E-state index is 13.1. The van der Waals surface area contributed by atoms with Crippen LogP contribution in [0.15, 0.2) is 48.7 Å². The lowest BCUT2D eigenvalue weighted by Crippen LogP contribution is -2.15. The zero-order chi connectivity index (χ0) is 21.2. The van der Waals surface area contributed by atoms with E-state index in [0.29, 0.717) is 16.8 Å². The van der Waals surface area contributed by atoms with E-state index in [9.17, 15) is 18.0 Å². The van der Waals surface area contributed by atoms with Crippen molar-refractivity contribution < 1.29 is 22.7 Å². The van der Waals surface area contributed by atoms with Crippen LogP contribution < -0.4 is 0 Å². The van der Waals surface area contributed by atoms with Gasteiger partial charge < -0.3 is 10.1 Å². The number of benzene rings is 1. The first kappa shape index (κ1) is 20.2. The van der Waals surface area contributed by atoms with Crippen molar-refractivity contribution in [2.75, 3.05) is 6.61 Å². The monoisotopic (exact) mass is 402 g/mol. The van der Waals surface area contributed by atoms with Gasteiger partial charge in [0.25, 0.3) is 0 Å². The van der Waals surface area contributed by atoms with Crippen molar-refractivity contribution >= 4 is 11.7 Å². The Morgan fingerprint density at radius 1 is 1.17 bits per heavy atom. The van der Waals surface area contributed by atoms with E-state index in [0.717, 1.165) is 12.1 Å². The molecule has 0 fully saturated rings. The maximum Gasteiger partial charge on any atom is 0.416 e. The largest absolute Gasteiger partial charge is 0.456 e. The summed E-state index contributed by atoms with van der Waals surface area (Å²) in [7, 11) is 0. The summed E-state index contributed by atoms with van der Waals surface area (Å²) in [5.41, 5.74) is 0.458. The minimum absolute atomic E-state index is 0.00449. The van der Waals surface area contributed by atoms with E-state index in [2.05, 4.69) is 10.1 Å². The van der Waals surface area contributed by atoms with E-state index in [1.54, 1.807) is 37.3 Å². The van der Waals surface area contributed by atoms with Crippen molar-refractivity contribution in [1.82, 2.24) is 14.8 Å². The first-order valence-corrected chi connectivity index (χ1v) is 8.57. The van der Waals surface area contributed by atoms with Crippen LogP contribution >= 0.6 is 0 Å². The third-order valence-corrected chi connectivity index (χ3v) is 4.18. The molecule has 0 unspecified atom stereocenters. The Bertz CT molecular complexity index is 1060. The number of carbonyl (C=O) groups excluding carboxylic acids is 1. The smallest absolute Gasteiger partial charge is 0.416 e. The van der Waals surface area contributed by atoms with Crippen LogP contribution in [0.4, 0.5) is 13.2 Å². The number of ether oxygens (including phenoxy) is 1.